The van der Waals surface area contributed by atoms with Crippen LogP contribution >= 0.6 is 12.2 Å². The van der Waals surface area contributed by atoms with Crippen molar-refractivity contribution >= 4 is 17.2 Å². The average molecular weight is 307 g/mol. The molecule has 1 saturated heterocycles. The second kappa shape index (κ2) is 7.20. The standard InChI is InChI=1S/C16H25N3OS/c1-12-10-18(2)7-4-8-19(12)11-13-5-6-15(20-3)14(9-13)16(17)21/h5-6,9,12H,4,7-8,10-11H2,1-3H3,(H2,17,21). The number of methoxy groups -OCH3 is 1. The summed E-state index contributed by atoms with van der Waals surface area (Å²) in [6.45, 7) is 6.62. The molecule has 0 radical (unpaired) electrons. The number of nitrogens with zero attached hydrogens (tertiary/aromatic N) is 2. The van der Waals surface area contributed by atoms with Crippen LogP contribution in [-0.4, -0.2) is 54.6 Å². The molecule has 0 spiro atoms. The Labute approximate surface area is 132 Å². The van der Waals surface area contributed by atoms with Crippen LogP contribution in [0.5, 0.6) is 5.75 Å². The maximum Gasteiger partial charge on any atom is 0.129 e. The van der Waals surface area contributed by atoms with Crippen molar-refractivity contribution in [3.05, 3.63) is 29.3 Å². The Bertz CT molecular complexity index is 506. The second-order valence-electron chi connectivity index (χ2n) is 5.83. The molecule has 0 amide bonds. The van der Waals surface area contributed by atoms with Gasteiger partial charge in [-0.15, -0.1) is 0 Å². The predicted molar refractivity (Wildman–Crippen MR) is 90.9 cm³/mol. The molecule has 1 aromatic rings. The lowest BCUT2D eigenvalue weighted by Crippen LogP contribution is -2.37. The van der Waals surface area contributed by atoms with Crippen molar-refractivity contribution in [2.45, 2.75) is 25.9 Å². The Kier molecular flexibility index (Phi) is 5.56. The molecule has 116 valence electrons. The lowest BCUT2D eigenvalue weighted by molar-refractivity contribution is 0.194. The van der Waals surface area contributed by atoms with Crippen LogP contribution < -0.4 is 10.5 Å². The molecule has 4 nitrogen and oxygen atoms in total. The molecule has 0 aliphatic carbocycles. The SMILES string of the molecule is COc1ccc(CN2CCCN(C)CC2C)cc1C(N)=S. The number of hydrogen-bond acceptors (Lipinski definition) is 4. The van der Waals surface area contributed by atoms with Crippen LogP contribution in [0, 0.1) is 0 Å². The molecule has 21 heavy (non-hydrogen) atoms. The van der Waals surface area contributed by atoms with Crippen LogP contribution in [-0.2, 0) is 6.54 Å². The van der Waals surface area contributed by atoms with E-state index in [1.54, 1.807) is 7.11 Å². The van der Waals surface area contributed by atoms with Gasteiger partial charge < -0.3 is 15.4 Å². The van der Waals surface area contributed by atoms with Crippen molar-refractivity contribution in [3.8, 4) is 5.75 Å². The van der Waals surface area contributed by atoms with Gasteiger partial charge in [-0.25, -0.2) is 0 Å². The van der Waals surface area contributed by atoms with Gasteiger partial charge in [-0.2, -0.15) is 0 Å². The molecule has 5 heteroatoms. The maximum atomic E-state index is 5.79. The largest absolute Gasteiger partial charge is 0.496 e. The first kappa shape index (κ1) is 16.2. The quantitative estimate of drug-likeness (QED) is 0.860. The number of likely N-dealkylation sites (N-methyl/N-ethyl adjacent to an activating group) is 1. The topological polar surface area (TPSA) is 41.7 Å². The summed E-state index contributed by atoms with van der Waals surface area (Å²) in [4.78, 5) is 5.31. The summed E-state index contributed by atoms with van der Waals surface area (Å²) < 4.78 is 5.32. The third-order valence-corrected chi connectivity index (χ3v) is 4.32. The summed E-state index contributed by atoms with van der Waals surface area (Å²) in [5, 5.41) is 0. The van der Waals surface area contributed by atoms with E-state index < -0.39 is 0 Å². The highest BCUT2D eigenvalue weighted by molar-refractivity contribution is 7.80. The molecule has 1 aliphatic heterocycles. The van der Waals surface area contributed by atoms with Gasteiger partial charge in [0.1, 0.15) is 10.7 Å². The first-order valence-electron chi connectivity index (χ1n) is 7.40. The van der Waals surface area contributed by atoms with Gasteiger partial charge in [0.25, 0.3) is 0 Å². The third-order valence-electron chi connectivity index (χ3n) is 4.10. The van der Waals surface area contributed by atoms with Gasteiger partial charge >= 0.3 is 0 Å². The summed E-state index contributed by atoms with van der Waals surface area (Å²) in [6, 6.07) is 6.66. The van der Waals surface area contributed by atoms with Crippen LogP contribution in [0.4, 0.5) is 0 Å². The van der Waals surface area contributed by atoms with Crippen molar-refractivity contribution < 1.29 is 4.74 Å². The molecule has 1 atom stereocenters. The van der Waals surface area contributed by atoms with Gasteiger partial charge in [0.05, 0.1) is 12.7 Å². The highest BCUT2D eigenvalue weighted by Gasteiger charge is 2.20. The average Bonchev–Trinajstić information content (AvgIpc) is 2.60. The van der Waals surface area contributed by atoms with E-state index in [0.29, 0.717) is 11.0 Å². The molecule has 0 aromatic heterocycles. The normalized spacial score (nSPS) is 21.0. The Morgan fingerprint density at radius 1 is 1.43 bits per heavy atom. The smallest absolute Gasteiger partial charge is 0.129 e. The number of benzene rings is 1. The van der Waals surface area contributed by atoms with Gasteiger partial charge in [0, 0.05) is 25.7 Å². The van der Waals surface area contributed by atoms with E-state index in [1.165, 1.54) is 18.5 Å². The molecule has 2 rings (SSSR count). The zero-order chi connectivity index (χ0) is 15.4. The summed E-state index contributed by atoms with van der Waals surface area (Å²) in [6.07, 6.45) is 1.21. The Hall–Kier alpha value is -1.17. The minimum atomic E-state index is 0.386. The van der Waals surface area contributed by atoms with Crippen LogP contribution in [0.15, 0.2) is 18.2 Å². The fraction of sp³-hybridized carbons (Fsp3) is 0.562. The van der Waals surface area contributed by atoms with Crippen molar-refractivity contribution in [2.75, 3.05) is 33.8 Å². The van der Waals surface area contributed by atoms with Crippen LogP contribution in [0.25, 0.3) is 0 Å². The minimum Gasteiger partial charge on any atom is -0.496 e. The molecule has 2 N–H and O–H groups in total. The monoisotopic (exact) mass is 307 g/mol. The zero-order valence-electron chi connectivity index (χ0n) is 13.1. The van der Waals surface area contributed by atoms with Gasteiger partial charge in [-0.1, -0.05) is 18.3 Å². The molecule has 1 unspecified atom stereocenters. The molecule has 0 bridgehead atoms. The fourth-order valence-electron chi connectivity index (χ4n) is 2.94. The van der Waals surface area contributed by atoms with E-state index in [-0.39, 0.29) is 0 Å². The Morgan fingerprint density at radius 2 is 2.19 bits per heavy atom. The molecule has 1 aliphatic rings. The van der Waals surface area contributed by atoms with Crippen molar-refractivity contribution in [1.82, 2.24) is 9.80 Å². The molecular weight excluding hydrogens is 282 g/mol. The molecule has 1 aromatic carbocycles. The summed E-state index contributed by atoms with van der Waals surface area (Å²) in [5.74, 6) is 0.745. The zero-order valence-corrected chi connectivity index (χ0v) is 13.9. The lowest BCUT2D eigenvalue weighted by Gasteiger charge is -2.28. The Morgan fingerprint density at radius 3 is 2.86 bits per heavy atom. The van der Waals surface area contributed by atoms with Gasteiger partial charge in [-0.3, -0.25) is 4.90 Å². The van der Waals surface area contributed by atoms with E-state index in [1.807, 2.05) is 6.07 Å². The Balaban J connectivity index is 2.15. The van der Waals surface area contributed by atoms with Crippen LogP contribution in [0.1, 0.15) is 24.5 Å². The van der Waals surface area contributed by atoms with E-state index in [9.17, 15) is 0 Å². The summed E-state index contributed by atoms with van der Waals surface area (Å²) in [7, 11) is 3.84. The van der Waals surface area contributed by atoms with Gasteiger partial charge in [0.15, 0.2) is 0 Å². The number of nitrogens with two attached hydrogens (primary N) is 1. The summed E-state index contributed by atoms with van der Waals surface area (Å²) in [5.41, 5.74) is 7.85. The predicted octanol–water partition coefficient (Wildman–Crippen LogP) is 1.86. The number of thiocarbonyl (C=S) groups is 1. The van der Waals surface area contributed by atoms with E-state index >= 15 is 0 Å². The van der Waals surface area contributed by atoms with Crippen LogP contribution in [0.3, 0.4) is 0 Å². The minimum absolute atomic E-state index is 0.386. The maximum absolute atomic E-state index is 5.79. The molecule has 1 fully saturated rings. The molecule has 0 saturated carbocycles. The lowest BCUT2D eigenvalue weighted by atomic mass is 10.1. The number of ether oxygens (including phenoxy) is 1. The first-order chi connectivity index (χ1) is 10.0. The second-order valence-corrected chi connectivity index (χ2v) is 6.27. The fourth-order valence-corrected chi connectivity index (χ4v) is 3.10. The van der Waals surface area contributed by atoms with E-state index in [2.05, 4.69) is 35.9 Å². The highest BCUT2D eigenvalue weighted by Crippen LogP contribution is 2.22. The van der Waals surface area contributed by atoms with E-state index in [0.717, 1.165) is 30.9 Å². The highest BCUT2D eigenvalue weighted by atomic mass is 32.1. The molecule has 1 heterocycles. The van der Waals surface area contributed by atoms with Gasteiger partial charge in [0.2, 0.25) is 0 Å². The number of hydrogen-bond donors (Lipinski definition) is 1. The van der Waals surface area contributed by atoms with Crippen molar-refractivity contribution in [1.29, 1.82) is 0 Å². The third kappa shape index (κ3) is 4.15. The van der Waals surface area contributed by atoms with Crippen molar-refractivity contribution in [3.63, 3.8) is 0 Å². The molecular formula is C16H25N3OS. The summed E-state index contributed by atoms with van der Waals surface area (Å²) >= 11 is 5.12. The van der Waals surface area contributed by atoms with E-state index in [4.69, 9.17) is 22.7 Å². The number of rotatable bonds is 4. The van der Waals surface area contributed by atoms with Crippen molar-refractivity contribution in [2.24, 2.45) is 5.73 Å². The first-order valence-corrected chi connectivity index (χ1v) is 7.81. The van der Waals surface area contributed by atoms with Gasteiger partial charge in [-0.05, 0) is 44.6 Å². The van der Waals surface area contributed by atoms with Crippen LogP contribution in [0.2, 0.25) is 0 Å².